The van der Waals surface area contributed by atoms with Crippen molar-refractivity contribution in [2.24, 2.45) is 5.92 Å². The molecule has 3 rings (SSSR count). The lowest BCUT2D eigenvalue weighted by Crippen LogP contribution is -2.35. The predicted octanol–water partition coefficient (Wildman–Crippen LogP) is 4.27. The molecule has 1 aliphatic heterocycles. The van der Waals surface area contributed by atoms with E-state index < -0.39 is 11.7 Å². The van der Waals surface area contributed by atoms with Crippen LogP contribution in [-0.2, 0) is 19.1 Å². The average molecular weight is 337 g/mol. The SMILES string of the molecule is FC(F)(F)c1ccccc1CC[C@@H]1CCCN(Cc2ncc[nH]2)C1. The first-order valence-corrected chi connectivity index (χ1v) is 8.38. The lowest BCUT2D eigenvalue weighted by molar-refractivity contribution is -0.138. The third kappa shape index (κ3) is 4.38. The van der Waals surface area contributed by atoms with E-state index >= 15 is 0 Å². The Balaban J connectivity index is 1.57. The number of nitrogens with one attached hydrogen (secondary N) is 1. The summed E-state index contributed by atoms with van der Waals surface area (Å²) in [5, 5.41) is 0. The number of aromatic amines is 1. The number of aryl methyl sites for hydroxylation is 1. The number of alkyl halides is 3. The fourth-order valence-electron chi connectivity index (χ4n) is 3.50. The van der Waals surface area contributed by atoms with Crippen LogP contribution in [0.5, 0.6) is 0 Å². The van der Waals surface area contributed by atoms with Gasteiger partial charge in [0.2, 0.25) is 0 Å². The second-order valence-corrected chi connectivity index (χ2v) is 6.47. The van der Waals surface area contributed by atoms with Gasteiger partial charge in [-0.15, -0.1) is 0 Å². The van der Waals surface area contributed by atoms with E-state index in [-0.39, 0.29) is 0 Å². The van der Waals surface area contributed by atoms with Crippen molar-refractivity contribution < 1.29 is 13.2 Å². The van der Waals surface area contributed by atoms with Gasteiger partial charge in [0.15, 0.2) is 0 Å². The van der Waals surface area contributed by atoms with E-state index in [4.69, 9.17) is 0 Å². The number of likely N-dealkylation sites (tertiary alicyclic amines) is 1. The van der Waals surface area contributed by atoms with Crippen LogP contribution in [0.4, 0.5) is 13.2 Å². The minimum Gasteiger partial charge on any atom is -0.348 e. The molecule has 1 fully saturated rings. The Kier molecular flexibility index (Phi) is 5.23. The molecule has 2 aromatic rings. The predicted molar refractivity (Wildman–Crippen MR) is 86.4 cm³/mol. The summed E-state index contributed by atoms with van der Waals surface area (Å²) in [6, 6.07) is 5.93. The summed E-state index contributed by atoms with van der Waals surface area (Å²) in [4.78, 5) is 9.68. The fourth-order valence-corrected chi connectivity index (χ4v) is 3.50. The van der Waals surface area contributed by atoms with E-state index in [1.807, 2.05) is 6.20 Å². The first kappa shape index (κ1) is 17.0. The molecule has 1 aromatic carbocycles. The van der Waals surface area contributed by atoms with Gasteiger partial charge >= 0.3 is 6.18 Å². The molecule has 0 bridgehead atoms. The van der Waals surface area contributed by atoms with Gasteiger partial charge in [0, 0.05) is 18.9 Å². The zero-order valence-electron chi connectivity index (χ0n) is 13.5. The van der Waals surface area contributed by atoms with Crippen molar-refractivity contribution in [3.63, 3.8) is 0 Å². The van der Waals surface area contributed by atoms with E-state index in [1.165, 1.54) is 12.1 Å². The van der Waals surface area contributed by atoms with Crippen LogP contribution < -0.4 is 0 Å². The molecule has 0 unspecified atom stereocenters. The molecule has 1 aliphatic rings. The number of benzene rings is 1. The molecule has 3 nitrogen and oxygen atoms in total. The van der Waals surface area contributed by atoms with Gasteiger partial charge in [0.1, 0.15) is 5.82 Å². The van der Waals surface area contributed by atoms with Crippen LogP contribution in [0.3, 0.4) is 0 Å². The van der Waals surface area contributed by atoms with Crippen molar-refractivity contribution in [2.45, 2.75) is 38.4 Å². The van der Waals surface area contributed by atoms with Gasteiger partial charge in [0.25, 0.3) is 0 Å². The maximum Gasteiger partial charge on any atom is 0.416 e. The zero-order chi connectivity index (χ0) is 17.0. The van der Waals surface area contributed by atoms with Crippen molar-refractivity contribution in [1.82, 2.24) is 14.9 Å². The highest BCUT2D eigenvalue weighted by atomic mass is 19.4. The molecule has 130 valence electrons. The maximum absolute atomic E-state index is 13.1. The van der Waals surface area contributed by atoms with Gasteiger partial charge in [-0.25, -0.2) is 4.98 Å². The number of aromatic nitrogens is 2. The van der Waals surface area contributed by atoms with Crippen LogP contribution in [0.2, 0.25) is 0 Å². The van der Waals surface area contributed by atoms with Crippen LogP contribution in [0.25, 0.3) is 0 Å². The number of hydrogen-bond donors (Lipinski definition) is 1. The molecule has 2 heterocycles. The molecule has 0 spiro atoms. The minimum atomic E-state index is -4.27. The number of hydrogen-bond acceptors (Lipinski definition) is 2. The fraction of sp³-hybridized carbons (Fsp3) is 0.500. The highest BCUT2D eigenvalue weighted by molar-refractivity contribution is 5.29. The number of rotatable bonds is 5. The van der Waals surface area contributed by atoms with E-state index in [9.17, 15) is 13.2 Å². The Hall–Kier alpha value is -1.82. The highest BCUT2D eigenvalue weighted by Gasteiger charge is 2.33. The van der Waals surface area contributed by atoms with Gasteiger partial charge in [-0.1, -0.05) is 18.2 Å². The van der Waals surface area contributed by atoms with Crippen LogP contribution in [0.15, 0.2) is 36.7 Å². The van der Waals surface area contributed by atoms with Gasteiger partial charge < -0.3 is 4.98 Å². The monoisotopic (exact) mass is 337 g/mol. The first-order chi connectivity index (χ1) is 11.5. The highest BCUT2D eigenvalue weighted by Crippen LogP contribution is 2.33. The van der Waals surface area contributed by atoms with Gasteiger partial charge in [-0.2, -0.15) is 13.2 Å². The standard InChI is InChI=1S/C18H22F3N3/c19-18(20,21)16-6-2-1-5-15(16)8-7-14-4-3-11-24(12-14)13-17-22-9-10-23-17/h1-2,5-6,9-10,14H,3-4,7-8,11-13H2,(H,22,23)/t14-/m0/s1. The Labute approximate surface area is 139 Å². The molecular weight excluding hydrogens is 315 g/mol. The van der Waals surface area contributed by atoms with Crippen LogP contribution in [-0.4, -0.2) is 28.0 Å². The van der Waals surface area contributed by atoms with E-state index in [0.29, 0.717) is 17.9 Å². The molecule has 0 radical (unpaired) electrons. The summed E-state index contributed by atoms with van der Waals surface area (Å²) in [5.41, 5.74) is -0.0820. The van der Waals surface area contributed by atoms with Crippen molar-refractivity contribution in [1.29, 1.82) is 0 Å². The van der Waals surface area contributed by atoms with E-state index in [0.717, 1.165) is 44.7 Å². The summed E-state index contributed by atoms with van der Waals surface area (Å²) >= 11 is 0. The molecule has 1 aromatic heterocycles. The lowest BCUT2D eigenvalue weighted by atomic mass is 9.90. The van der Waals surface area contributed by atoms with Gasteiger partial charge in [-0.3, -0.25) is 4.90 Å². The Morgan fingerprint density at radius 3 is 2.83 bits per heavy atom. The molecule has 1 N–H and O–H groups in total. The molecule has 1 saturated heterocycles. The van der Waals surface area contributed by atoms with Gasteiger partial charge in [0.05, 0.1) is 12.1 Å². The van der Waals surface area contributed by atoms with Crippen molar-refractivity contribution in [3.8, 4) is 0 Å². The number of halogens is 3. The second kappa shape index (κ2) is 7.38. The summed E-state index contributed by atoms with van der Waals surface area (Å²) in [7, 11) is 0. The van der Waals surface area contributed by atoms with Crippen LogP contribution in [0.1, 0.15) is 36.2 Å². The molecular formula is C18H22F3N3. The number of nitrogens with zero attached hydrogens (tertiary/aromatic N) is 2. The molecule has 0 amide bonds. The lowest BCUT2D eigenvalue weighted by Gasteiger charge is -2.32. The molecule has 6 heteroatoms. The normalized spacial score (nSPS) is 19.5. The Bertz CT molecular complexity index is 637. The number of H-pyrrole nitrogens is 1. The van der Waals surface area contributed by atoms with Crippen molar-refractivity contribution in [3.05, 3.63) is 53.6 Å². The largest absolute Gasteiger partial charge is 0.416 e. The van der Waals surface area contributed by atoms with E-state index in [1.54, 1.807) is 18.3 Å². The third-order valence-corrected chi connectivity index (χ3v) is 4.68. The average Bonchev–Trinajstić information content (AvgIpc) is 3.06. The van der Waals surface area contributed by atoms with Crippen LogP contribution >= 0.6 is 0 Å². The molecule has 24 heavy (non-hydrogen) atoms. The molecule has 0 aliphatic carbocycles. The summed E-state index contributed by atoms with van der Waals surface area (Å²) in [6.07, 6.45) is 2.73. The summed E-state index contributed by atoms with van der Waals surface area (Å²) in [6.45, 7) is 2.73. The maximum atomic E-state index is 13.1. The van der Waals surface area contributed by atoms with E-state index in [2.05, 4.69) is 14.9 Å². The smallest absolute Gasteiger partial charge is 0.348 e. The number of imidazole rings is 1. The topological polar surface area (TPSA) is 31.9 Å². The zero-order valence-corrected chi connectivity index (χ0v) is 13.5. The van der Waals surface area contributed by atoms with Crippen molar-refractivity contribution >= 4 is 0 Å². The Morgan fingerprint density at radius 2 is 2.08 bits per heavy atom. The Morgan fingerprint density at radius 1 is 1.25 bits per heavy atom. The summed E-state index contributed by atoms with van der Waals surface area (Å²) < 4.78 is 39.2. The van der Waals surface area contributed by atoms with Crippen molar-refractivity contribution in [2.75, 3.05) is 13.1 Å². The van der Waals surface area contributed by atoms with Gasteiger partial charge in [-0.05, 0) is 49.8 Å². The van der Waals surface area contributed by atoms with Crippen LogP contribution in [0, 0.1) is 5.92 Å². The molecule has 0 saturated carbocycles. The molecule has 1 atom stereocenters. The number of piperidine rings is 1. The second-order valence-electron chi connectivity index (χ2n) is 6.47. The first-order valence-electron chi connectivity index (χ1n) is 8.38. The summed E-state index contributed by atoms with van der Waals surface area (Å²) in [5.74, 6) is 1.38. The minimum absolute atomic E-state index is 0.410. The quantitative estimate of drug-likeness (QED) is 0.883. The third-order valence-electron chi connectivity index (χ3n) is 4.68.